The molecule has 3 heteroatoms. The van der Waals surface area contributed by atoms with Gasteiger partial charge in [-0.25, -0.2) is 0 Å². The van der Waals surface area contributed by atoms with Gasteiger partial charge in [0.05, 0.1) is 22.9 Å². The van der Waals surface area contributed by atoms with Gasteiger partial charge >= 0.3 is 0 Å². The molecule has 0 radical (unpaired) electrons. The quantitative estimate of drug-likeness (QED) is 0.621. The molecule has 0 aromatic heterocycles. The van der Waals surface area contributed by atoms with Crippen LogP contribution in [0.3, 0.4) is 0 Å². The van der Waals surface area contributed by atoms with Gasteiger partial charge in [0.1, 0.15) is 6.29 Å². The Labute approximate surface area is 136 Å². The van der Waals surface area contributed by atoms with Crippen LogP contribution in [0, 0.1) is 5.92 Å². The number of para-hydroxylation sites is 1. The molecule has 1 aliphatic heterocycles. The summed E-state index contributed by atoms with van der Waals surface area (Å²) >= 11 is 0. The van der Waals surface area contributed by atoms with Crippen LogP contribution in [0.5, 0.6) is 0 Å². The number of aldehydes is 1. The van der Waals surface area contributed by atoms with Crippen LogP contribution in [0.4, 0.5) is 5.69 Å². The van der Waals surface area contributed by atoms with E-state index < -0.39 is 5.92 Å². The van der Waals surface area contributed by atoms with Gasteiger partial charge < -0.3 is 4.79 Å². The van der Waals surface area contributed by atoms with E-state index in [2.05, 4.69) is 24.9 Å². The number of rotatable bonds is 4. The molecule has 1 atom stereocenters. The van der Waals surface area contributed by atoms with Crippen molar-refractivity contribution < 1.29 is 4.79 Å². The van der Waals surface area contributed by atoms with Crippen LogP contribution in [0.1, 0.15) is 25.0 Å². The van der Waals surface area contributed by atoms with E-state index in [0.29, 0.717) is 0 Å². The molecule has 3 nitrogen and oxygen atoms in total. The Kier molecular flexibility index (Phi) is 4.20. The summed E-state index contributed by atoms with van der Waals surface area (Å²) in [6, 6.07) is 17.8. The fourth-order valence-electron chi connectivity index (χ4n) is 2.92. The number of benzene rings is 2. The maximum atomic E-state index is 11.7. The van der Waals surface area contributed by atoms with Crippen LogP contribution < -0.4 is 0 Å². The molecule has 1 aliphatic rings. The average Bonchev–Trinajstić information content (AvgIpc) is 2.55. The third-order valence-electron chi connectivity index (χ3n) is 3.94. The average molecular weight is 304 g/mol. The van der Waals surface area contributed by atoms with E-state index in [1.54, 1.807) is 6.21 Å². The predicted octanol–water partition coefficient (Wildman–Crippen LogP) is 4.03. The highest BCUT2D eigenvalue weighted by atomic mass is 16.1. The lowest BCUT2D eigenvalue weighted by Gasteiger charge is -2.30. The minimum absolute atomic E-state index is 0.203. The topological polar surface area (TPSA) is 41.8 Å². The highest BCUT2D eigenvalue weighted by Gasteiger charge is 2.29. The fourth-order valence-corrected chi connectivity index (χ4v) is 2.92. The molecule has 0 aliphatic carbocycles. The van der Waals surface area contributed by atoms with E-state index in [1.165, 1.54) is 5.56 Å². The third-order valence-corrected chi connectivity index (χ3v) is 3.94. The Bertz CT molecular complexity index is 760. The Morgan fingerprint density at radius 1 is 1.09 bits per heavy atom. The first-order valence-corrected chi connectivity index (χ1v) is 7.82. The van der Waals surface area contributed by atoms with E-state index in [-0.39, 0.29) is 5.54 Å². The molecule has 0 amide bonds. The monoisotopic (exact) mass is 304 g/mol. The van der Waals surface area contributed by atoms with Gasteiger partial charge in [-0.3, -0.25) is 9.98 Å². The second-order valence-corrected chi connectivity index (χ2v) is 6.42. The number of aliphatic imine (C=N–C) groups is 2. The van der Waals surface area contributed by atoms with Crippen LogP contribution in [0.15, 0.2) is 64.6 Å². The van der Waals surface area contributed by atoms with Gasteiger partial charge in [-0.05, 0) is 43.5 Å². The number of nitrogens with zero attached hydrogens (tertiary/aromatic N) is 2. The lowest BCUT2D eigenvalue weighted by atomic mass is 9.83. The molecule has 0 N–H and O–H groups in total. The van der Waals surface area contributed by atoms with Crippen LogP contribution in [0.25, 0.3) is 0 Å². The first kappa shape index (κ1) is 15.3. The second-order valence-electron chi connectivity index (χ2n) is 6.42. The lowest BCUT2D eigenvalue weighted by Crippen LogP contribution is -2.33. The second kappa shape index (κ2) is 6.29. The number of fused-ring (bicyclic) bond motifs is 1. The zero-order valence-corrected chi connectivity index (χ0v) is 13.4. The van der Waals surface area contributed by atoms with Crippen molar-refractivity contribution in [2.45, 2.75) is 25.8 Å². The molecular weight excluding hydrogens is 284 g/mol. The largest absolute Gasteiger partial charge is 0.302 e. The van der Waals surface area contributed by atoms with Crippen molar-refractivity contribution in [2.24, 2.45) is 15.9 Å². The Morgan fingerprint density at radius 2 is 1.78 bits per heavy atom. The van der Waals surface area contributed by atoms with Crippen molar-refractivity contribution >= 4 is 23.9 Å². The minimum Gasteiger partial charge on any atom is -0.302 e. The summed E-state index contributed by atoms with van der Waals surface area (Å²) in [7, 11) is 0. The van der Waals surface area contributed by atoms with Crippen molar-refractivity contribution in [3.8, 4) is 0 Å². The first-order valence-electron chi connectivity index (χ1n) is 7.82. The van der Waals surface area contributed by atoms with Gasteiger partial charge in [-0.15, -0.1) is 0 Å². The Morgan fingerprint density at radius 3 is 2.52 bits per heavy atom. The molecule has 116 valence electrons. The molecular formula is C20H20N2O. The van der Waals surface area contributed by atoms with Crippen molar-refractivity contribution in [3.05, 3.63) is 65.7 Å². The van der Waals surface area contributed by atoms with E-state index in [9.17, 15) is 4.79 Å². The summed E-state index contributed by atoms with van der Waals surface area (Å²) in [5.41, 5.74) is 3.74. The SMILES string of the molecule is CC1(C)Cc2ccccc2C(C(C=O)C=Nc2ccccc2)=N1. The molecule has 1 heterocycles. The molecule has 0 spiro atoms. The Hall–Kier alpha value is -2.55. The Balaban J connectivity index is 1.98. The van der Waals surface area contributed by atoms with E-state index >= 15 is 0 Å². The fraction of sp³-hybridized carbons (Fsp3) is 0.250. The molecule has 0 fully saturated rings. The van der Waals surface area contributed by atoms with E-state index in [4.69, 9.17) is 4.99 Å². The molecule has 23 heavy (non-hydrogen) atoms. The van der Waals surface area contributed by atoms with Crippen LogP contribution in [-0.4, -0.2) is 23.8 Å². The van der Waals surface area contributed by atoms with Gasteiger partial charge in [0, 0.05) is 6.21 Å². The van der Waals surface area contributed by atoms with Crippen molar-refractivity contribution in [3.63, 3.8) is 0 Å². The van der Waals surface area contributed by atoms with Gasteiger partial charge in [0.2, 0.25) is 0 Å². The van der Waals surface area contributed by atoms with Crippen molar-refractivity contribution in [1.29, 1.82) is 0 Å². The molecule has 1 unspecified atom stereocenters. The van der Waals surface area contributed by atoms with Crippen molar-refractivity contribution in [2.75, 3.05) is 0 Å². The first-order chi connectivity index (χ1) is 11.1. The highest BCUT2D eigenvalue weighted by molar-refractivity contribution is 6.19. The van der Waals surface area contributed by atoms with Crippen LogP contribution in [0.2, 0.25) is 0 Å². The number of hydrogen-bond donors (Lipinski definition) is 0. The lowest BCUT2D eigenvalue weighted by molar-refractivity contribution is -0.108. The zero-order valence-electron chi connectivity index (χ0n) is 13.4. The molecule has 2 aromatic carbocycles. The standard InChI is InChI=1S/C20H20N2O/c1-20(2)12-15-8-6-7-11-18(15)19(22-20)16(14-23)13-21-17-9-4-3-5-10-17/h3-11,13-14,16H,12H2,1-2H3. The van der Waals surface area contributed by atoms with E-state index in [1.807, 2.05) is 48.5 Å². The van der Waals surface area contributed by atoms with Crippen LogP contribution in [-0.2, 0) is 11.2 Å². The maximum Gasteiger partial charge on any atom is 0.134 e. The van der Waals surface area contributed by atoms with Gasteiger partial charge in [-0.1, -0.05) is 42.5 Å². The highest BCUT2D eigenvalue weighted by Crippen LogP contribution is 2.28. The molecule has 2 aromatic rings. The molecule has 3 rings (SSSR count). The third kappa shape index (κ3) is 3.45. The predicted molar refractivity (Wildman–Crippen MR) is 94.9 cm³/mol. The summed E-state index contributed by atoms with van der Waals surface area (Å²) < 4.78 is 0. The summed E-state index contributed by atoms with van der Waals surface area (Å²) in [6.07, 6.45) is 3.50. The number of hydrogen-bond acceptors (Lipinski definition) is 3. The minimum atomic E-state index is -0.434. The summed E-state index contributed by atoms with van der Waals surface area (Å²) in [5.74, 6) is -0.434. The van der Waals surface area contributed by atoms with Gasteiger partial charge in [-0.2, -0.15) is 0 Å². The summed E-state index contributed by atoms with van der Waals surface area (Å²) in [6.45, 7) is 4.19. The molecule has 0 saturated heterocycles. The molecule has 0 bridgehead atoms. The van der Waals surface area contributed by atoms with Gasteiger partial charge in [0.25, 0.3) is 0 Å². The van der Waals surface area contributed by atoms with Crippen molar-refractivity contribution in [1.82, 2.24) is 0 Å². The summed E-state index contributed by atoms with van der Waals surface area (Å²) in [5, 5.41) is 0. The van der Waals surface area contributed by atoms with E-state index in [0.717, 1.165) is 29.7 Å². The van der Waals surface area contributed by atoms with Crippen LogP contribution >= 0.6 is 0 Å². The summed E-state index contributed by atoms with van der Waals surface area (Å²) in [4.78, 5) is 20.9. The number of carbonyl (C=O) groups excluding carboxylic acids is 1. The number of carbonyl (C=O) groups is 1. The zero-order chi connectivity index (χ0) is 16.3. The maximum absolute atomic E-state index is 11.7. The van der Waals surface area contributed by atoms with Gasteiger partial charge in [0.15, 0.2) is 0 Å². The molecule has 0 saturated carbocycles. The smallest absolute Gasteiger partial charge is 0.134 e. The normalized spacial score (nSPS) is 17.4.